The smallest absolute Gasteiger partial charge is 0.323 e. The standard InChI is InChI=1S/C14H18N2O2.ClH/c1-2-7-18-14(17)12(15)8-10-9-16-13-6-4-3-5-11(10)13;/h3-6,9,12,16H,2,7-8,15H2,1H3;1H. The van der Waals surface area contributed by atoms with Crippen molar-refractivity contribution in [3.05, 3.63) is 36.0 Å². The number of carbonyl (C=O) groups is 1. The fourth-order valence-corrected chi connectivity index (χ4v) is 1.93. The van der Waals surface area contributed by atoms with E-state index in [0.717, 1.165) is 22.9 Å². The van der Waals surface area contributed by atoms with Crippen LogP contribution in [0, 0.1) is 0 Å². The molecule has 2 rings (SSSR count). The number of ether oxygens (including phenoxy) is 1. The van der Waals surface area contributed by atoms with Crippen LogP contribution in [0.2, 0.25) is 0 Å². The molecular weight excluding hydrogens is 264 g/mol. The van der Waals surface area contributed by atoms with Crippen molar-refractivity contribution in [1.29, 1.82) is 0 Å². The van der Waals surface area contributed by atoms with E-state index in [0.29, 0.717) is 13.0 Å². The molecule has 1 heterocycles. The molecule has 0 saturated heterocycles. The summed E-state index contributed by atoms with van der Waals surface area (Å²) < 4.78 is 5.04. The number of H-pyrrole nitrogens is 1. The number of nitrogens with one attached hydrogen (secondary N) is 1. The van der Waals surface area contributed by atoms with Crippen molar-refractivity contribution < 1.29 is 9.53 Å². The van der Waals surface area contributed by atoms with Crippen LogP contribution in [0.15, 0.2) is 30.5 Å². The first-order valence-electron chi connectivity index (χ1n) is 6.19. The first-order valence-corrected chi connectivity index (χ1v) is 6.19. The Morgan fingerprint density at radius 2 is 2.16 bits per heavy atom. The van der Waals surface area contributed by atoms with E-state index >= 15 is 0 Å². The fourth-order valence-electron chi connectivity index (χ4n) is 1.93. The zero-order valence-electron chi connectivity index (χ0n) is 10.9. The maximum absolute atomic E-state index is 11.6. The summed E-state index contributed by atoms with van der Waals surface area (Å²) in [5.41, 5.74) is 7.96. The van der Waals surface area contributed by atoms with Crippen LogP contribution in [0.3, 0.4) is 0 Å². The molecule has 0 aliphatic rings. The Kier molecular flexibility index (Phi) is 5.86. The Labute approximate surface area is 118 Å². The van der Waals surface area contributed by atoms with Crippen LogP contribution in [0.4, 0.5) is 0 Å². The summed E-state index contributed by atoms with van der Waals surface area (Å²) in [6, 6.07) is 7.36. The van der Waals surface area contributed by atoms with Gasteiger partial charge in [-0.05, 0) is 18.1 Å². The highest BCUT2D eigenvalue weighted by Crippen LogP contribution is 2.18. The summed E-state index contributed by atoms with van der Waals surface area (Å²) in [7, 11) is 0. The Morgan fingerprint density at radius 3 is 2.89 bits per heavy atom. The van der Waals surface area contributed by atoms with Crippen molar-refractivity contribution >= 4 is 29.3 Å². The van der Waals surface area contributed by atoms with Gasteiger partial charge in [0.15, 0.2) is 0 Å². The van der Waals surface area contributed by atoms with Gasteiger partial charge in [-0.3, -0.25) is 4.79 Å². The summed E-state index contributed by atoms with van der Waals surface area (Å²) in [4.78, 5) is 14.8. The number of para-hydroxylation sites is 1. The number of halogens is 1. The zero-order valence-corrected chi connectivity index (χ0v) is 11.7. The molecule has 2 aromatic rings. The molecule has 5 heteroatoms. The van der Waals surface area contributed by atoms with Crippen LogP contribution in [0.25, 0.3) is 10.9 Å². The molecule has 19 heavy (non-hydrogen) atoms. The van der Waals surface area contributed by atoms with E-state index in [4.69, 9.17) is 10.5 Å². The van der Waals surface area contributed by atoms with E-state index in [-0.39, 0.29) is 18.4 Å². The molecule has 104 valence electrons. The lowest BCUT2D eigenvalue weighted by Gasteiger charge is -2.10. The molecule has 1 atom stereocenters. The molecule has 0 amide bonds. The van der Waals surface area contributed by atoms with Gasteiger partial charge in [-0.2, -0.15) is 0 Å². The number of nitrogens with two attached hydrogens (primary N) is 1. The second kappa shape index (κ2) is 7.16. The second-order valence-electron chi connectivity index (χ2n) is 4.34. The number of aromatic amines is 1. The molecule has 1 unspecified atom stereocenters. The number of carbonyl (C=O) groups excluding carboxylic acids is 1. The number of rotatable bonds is 5. The SMILES string of the molecule is CCCOC(=O)C(N)Cc1c[nH]c2ccccc12.Cl. The average Bonchev–Trinajstić information content (AvgIpc) is 2.79. The third kappa shape index (κ3) is 3.72. The first-order chi connectivity index (χ1) is 8.72. The number of hydrogen-bond donors (Lipinski definition) is 2. The summed E-state index contributed by atoms with van der Waals surface area (Å²) >= 11 is 0. The molecular formula is C14H19ClN2O2. The lowest BCUT2D eigenvalue weighted by atomic mass is 10.1. The van der Waals surface area contributed by atoms with E-state index in [2.05, 4.69) is 4.98 Å². The van der Waals surface area contributed by atoms with Crippen LogP contribution in [0.5, 0.6) is 0 Å². The molecule has 0 saturated carbocycles. The molecule has 0 fully saturated rings. The fraction of sp³-hybridized carbons (Fsp3) is 0.357. The Balaban J connectivity index is 0.00000180. The number of benzene rings is 1. The van der Waals surface area contributed by atoms with Crippen molar-refractivity contribution in [3.63, 3.8) is 0 Å². The number of fused-ring (bicyclic) bond motifs is 1. The molecule has 1 aromatic carbocycles. The maximum atomic E-state index is 11.6. The monoisotopic (exact) mass is 282 g/mol. The van der Waals surface area contributed by atoms with E-state index in [9.17, 15) is 4.79 Å². The minimum absolute atomic E-state index is 0. The van der Waals surface area contributed by atoms with Gasteiger partial charge < -0.3 is 15.5 Å². The van der Waals surface area contributed by atoms with E-state index < -0.39 is 6.04 Å². The van der Waals surface area contributed by atoms with Crippen molar-refractivity contribution in [2.75, 3.05) is 6.61 Å². The predicted molar refractivity (Wildman–Crippen MR) is 78.5 cm³/mol. The summed E-state index contributed by atoms with van der Waals surface area (Å²) in [6.45, 7) is 2.39. The molecule has 4 nitrogen and oxygen atoms in total. The van der Waals surface area contributed by atoms with Gasteiger partial charge in [0.1, 0.15) is 6.04 Å². The lowest BCUT2D eigenvalue weighted by molar-refractivity contribution is -0.145. The molecule has 0 bridgehead atoms. The average molecular weight is 283 g/mol. The minimum atomic E-state index is -0.601. The summed E-state index contributed by atoms with van der Waals surface area (Å²) in [5, 5.41) is 1.11. The Hall–Kier alpha value is -1.52. The highest BCUT2D eigenvalue weighted by Gasteiger charge is 2.17. The van der Waals surface area contributed by atoms with Gasteiger partial charge in [0.25, 0.3) is 0 Å². The van der Waals surface area contributed by atoms with Crippen molar-refractivity contribution in [3.8, 4) is 0 Å². The Bertz CT molecular complexity index is 539. The van der Waals surface area contributed by atoms with Crippen LogP contribution in [0.1, 0.15) is 18.9 Å². The quantitative estimate of drug-likeness (QED) is 0.828. The van der Waals surface area contributed by atoms with Crippen molar-refractivity contribution in [1.82, 2.24) is 4.98 Å². The highest BCUT2D eigenvalue weighted by molar-refractivity contribution is 5.85. The molecule has 0 spiro atoms. The van der Waals surface area contributed by atoms with Gasteiger partial charge in [0.2, 0.25) is 0 Å². The number of aromatic nitrogens is 1. The van der Waals surface area contributed by atoms with Gasteiger partial charge in [-0.25, -0.2) is 0 Å². The molecule has 0 radical (unpaired) electrons. The van der Waals surface area contributed by atoms with Crippen LogP contribution in [-0.2, 0) is 16.0 Å². The van der Waals surface area contributed by atoms with Crippen molar-refractivity contribution in [2.24, 2.45) is 5.73 Å². The van der Waals surface area contributed by atoms with E-state index in [1.54, 1.807) is 0 Å². The zero-order chi connectivity index (χ0) is 13.0. The van der Waals surface area contributed by atoms with Crippen molar-refractivity contribution in [2.45, 2.75) is 25.8 Å². The number of esters is 1. The van der Waals surface area contributed by atoms with Crippen LogP contribution < -0.4 is 5.73 Å². The van der Waals surface area contributed by atoms with Gasteiger partial charge in [-0.15, -0.1) is 12.4 Å². The third-order valence-electron chi connectivity index (χ3n) is 2.87. The summed E-state index contributed by atoms with van der Waals surface area (Å²) in [5.74, 6) is -0.331. The Morgan fingerprint density at radius 1 is 1.42 bits per heavy atom. The first kappa shape index (κ1) is 15.5. The van der Waals surface area contributed by atoms with Gasteiger partial charge in [0.05, 0.1) is 6.61 Å². The topological polar surface area (TPSA) is 68.1 Å². The normalized spacial score (nSPS) is 11.9. The highest BCUT2D eigenvalue weighted by atomic mass is 35.5. The van der Waals surface area contributed by atoms with Crippen LogP contribution >= 0.6 is 12.4 Å². The van der Waals surface area contributed by atoms with E-state index in [1.807, 2.05) is 37.4 Å². The van der Waals surface area contributed by atoms with Gasteiger partial charge in [0, 0.05) is 23.5 Å². The molecule has 1 aromatic heterocycles. The minimum Gasteiger partial charge on any atom is -0.465 e. The molecule has 0 aliphatic heterocycles. The van der Waals surface area contributed by atoms with Gasteiger partial charge >= 0.3 is 5.97 Å². The van der Waals surface area contributed by atoms with Crippen LogP contribution in [-0.4, -0.2) is 23.6 Å². The number of hydrogen-bond acceptors (Lipinski definition) is 3. The largest absolute Gasteiger partial charge is 0.465 e. The third-order valence-corrected chi connectivity index (χ3v) is 2.87. The second-order valence-corrected chi connectivity index (χ2v) is 4.34. The summed E-state index contributed by atoms with van der Waals surface area (Å²) in [6.07, 6.45) is 3.20. The molecule has 0 aliphatic carbocycles. The maximum Gasteiger partial charge on any atom is 0.323 e. The predicted octanol–water partition coefficient (Wildman–Crippen LogP) is 2.41. The van der Waals surface area contributed by atoms with Gasteiger partial charge in [-0.1, -0.05) is 25.1 Å². The lowest BCUT2D eigenvalue weighted by Crippen LogP contribution is -2.34. The molecule has 3 N–H and O–H groups in total. The van der Waals surface area contributed by atoms with E-state index in [1.165, 1.54) is 0 Å².